The predicted molar refractivity (Wildman–Crippen MR) is 82.6 cm³/mol. The van der Waals surface area contributed by atoms with Crippen molar-refractivity contribution in [3.8, 4) is 22.9 Å². The van der Waals surface area contributed by atoms with Crippen LogP contribution in [0.5, 0.6) is 5.75 Å². The van der Waals surface area contributed by atoms with Gasteiger partial charge in [-0.2, -0.15) is 5.26 Å². The van der Waals surface area contributed by atoms with Crippen LogP contribution in [0.15, 0.2) is 36.5 Å². The zero-order valence-electron chi connectivity index (χ0n) is 11.7. The fourth-order valence-electron chi connectivity index (χ4n) is 2.48. The maximum absolute atomic E-state index is 9.64. The Morgan fingerprint density at radius 1 is 1.32 bits per heavy atom. The molecular formula is C15H12BN3O3. The van der Waals surface area contributed by atoms with Crippen LogP contribution in [-0.4, -0.2) is 34.2 Å². The Kier molecular flexibility index (Phi) is 3.55. The van der Waals surface area contributed by atoms with E-state index in [9.17, 15) is 15.3 Å². The lowest BCUT2D eigenvalue weighted by molar-refractivity contribution is 0.415. The van der Waals surface area contributed by atoms with Gasteiger partial charge in [0.05, 0.1) is 24.3 Å². The van der Waals surface area contributed by atoms with Crippen molar-refractivity contribution in [2.45, 2.75) is 0 Å². The fraction of sp³-hybridized carbons (Fsp3) is 0.0667. The van der Waals surface area contributed by atoms with Gasteiger partial charge in [0.2, 0.25) is 0 Å². The molecule has 6 nitrogen and oxygen atoms in total. The number of nitriles is 1. The highest BCUT2D eigenvalue weighted by Gasteiger charge is 2.24. The summed E-state index contributed by atoms with van der Waals surface area (Å²) in [7, 11) is -0.175. The SMILES string of the molecule is COc1ccc(C#N)c(-c2c(B(O)O)[nH]c3ncccc23)c1. The molecule has 2 aromatic heterocycles. The smallest absolute Gasteiger partial charge is 0.497 e. The number of aromatic amines is 1. The number of methoxy groups -OCH3 is 1. The van der Waals surface area contributed by atoms with E-state index < -0.39 is 7.12 Å². The number of aromatic nitrogens is 2. The second-order valence-electron chi connectivity index (χ2n) is 4.71. The Bertz CT molecular complexity index is 883. The Labute approximate surface area is 126 Å². The fourth-order valence-corrected chi connectivity index (χ4v) is 2.48. The quantitative estimate of drug-likeness (QED) is 0.620. The van der Waals surface area contributed by atoms with E-state index in [-0.39, 0.29) is 5.59 Å². The van der Waals surface area contributed by atoms with E-state index in [1.54, 1.807) is 36.5 Å². The molecule has 0 saturated carbocycles. The van der Waals surface area contributed by atoms with Crippen LogP contribution in [0.3, 0.4) is 0 Å². The van der Waals surface area contributed by atoms with Gasteiger partial charge >= 0.3 is 7.12 Å². The van der Waals surface area contributed by atoms with Gasteiger partial charge in [-0.15, -0.1) is 0 Å². The maximum atomic E-state index is 9.64. The number of ether oxygens (including phenoxy) is 1. The van der Waals surface area contributed by atoms with E-state index in [4.69, 9.17) is 4.74 Å². The molecule has 0 atom stereocenters. The number of H-pyrrole nitrogens is 1. The van der Waals surface area contributed by atoms with Crippen LogP contribution in [0.25, 0.3) is 22.2 Å². The summed E-state index contributed by atoms with van der Waals surface area (Å²) in [4.78, 5) is 7.07. The molecule has 7 heteroatoms. The number of fused-ring (bicyclic) bond motifs is 1. The van der Waals surface area contributed by atoms with Crippen molar-refractivity contribution in [2.24, 2.45) is 0 Å². The lowest BCUT2D eigenvalue weighted by Crippen LogP contribution is -2.32. The third-order valence-corrected chi connectivity index (χ3v) is 3.47. The molecule has 0 fully saturated rings. The summed E-state index contributed by atoms with van der Waals surface area (Å²) in [6.45, 7) is 0. The average Bonchev–Trinajstić information content (AvgIpc) is 2.93. The first kappa shape index (κ1) is 14.1. The number of nitrogens with zero attached hydrogens (tertiary/aromatic N) is 2. The Balaban J connectivity index is 2.39. The molecule has 0 spiro atoms. The summed E-state index contributed by atoms with van der Waals surface area (Å²) < 4.78 is 5.20. The first-order valence-corrected chi connectivity index (χ1v) is 6.57. The van der Waals surface area contributed by atoms with Gasteiger partial charge in [-0.25, -0.2) is 4.98 Å². The van der Waals surface area contributed by atoms with Crippen LogP contribution >= 0.6 is 0 Å². The van der Waals surface area contributed by atoms with Crippen LogP contribution < -0.4 is 10.3 Å². The number of rotatable bonds is 3. The largest absolute Gasteiger partial charge is 0.506 e. The second kappa shape index (κ2) is 5.52. The predicted octanol–water partition coefficient (Wildman–Crippen LogP) is 0.790. The normalized spacial score (nSPS) is 10.5. The summed E-state index contributed by atoms with van der Waals surface area (Å²) in [5.41, 5.74) is 2.22. The molecule has 2 heterocycles. The first-order chi connectivity index (χ1) is 10.7. The minimum Gasteiger partial charge on any atom is -0.497 e. The van der Waals surface area contributed by atoms with Gasteiger partial charge in [-0.1, -0.05) is 0 Å². The van der Waals surface area contributed by atoms with E-state index in [2.05, 4.69) is 16.0 Å². The molecular weight excluding hydrogens is 281 g/mol. The molecule has 0 unspecified atom stereocenters. The topological polar surface area (TPSA) is 102 Å². The molecule has 3 rings (SSSR count). The van der Waals surface area contributed by atoms with Crippen molar-refractivity contribution < 1.29 is 14.8 Å². The first-order valence-electron chi connectivity index (χ1n) is 6.57. The third kappa shape index (κ3) is 2.20. The molecule has 108 valence electrons. The number of nitrogens with one attached hydrogen (secondary N) is 1. The van der Waals surface area contributed by atoms with Crippen molar-refractivity contribution in [1.29, 1.82) is 5.26 Å². The highest BCUT2D eigenvalue weighted by molar-refractivity contribution is 6.60. The van der Waals surface area contributed by atoms with E-state index in [0.717, 1.165) is 0 Å². The van der Waals surface area contributed by atoms with Gasteiger partial charge in [0.15, 0.2) is 0 Å². The Morgan fingerprint density at radius 3 is 2.82 bits per heavy atom. The van der Waals surface area contributed by atoms with Gasteiger partial charge in [0, 0.05) is 22.7 Å². The number of hydrogen-bond acceptors (Lipinski definition) is 5. The van der Waals surface area contributed by atoms with Crippen molar-refractivity contribution >= 4 is 23.7 Å². The number of hydrogen-bond donors (Lipinski definition) is 3. The lowest BCUT2D eigenvalue weighted by atomic mass is 9.80. The minimum atomic E-state index is -1.71. The molecule has 3 aromatic rings. The van der Waals surface area contributed by atoms with Gasteiger partial charge in [0.25, 0.3) is 0 Å². The van der Waals surface area contributed by atoms with E-state index in [0.29, 0.717) is 33.5 Å². The molecule has 0 radical (unpaired) electrons. The van der Waals surface area contributed by atoms with E-state index >= 15 is 0 Å². The van der Waals surface area contributed by atoms with Crippen LogP contribution in [0.4, 0.5) is 0 Å². The maximum Gasteiger partial charge on any atom is 0.506 e. The number of benzene rings is 1. The monoisotopic (exact) mass is 293 g/mol. The zero-order chi connectivity index (χ0) is 15.7. The van der Waals surface area contributed by atoms with Crippen LogP contribution in [0.2, 0.25) is 0 Å². The van der Waals surface area contributed by atoms with Gasteiger partial charge in [0.1, 0.15) is 11.4 Å². The summed E-state index contributed by atoms with van der Waals surface area (Å²) >= 11 is 0. The van der Waals surface area contributed by atoms with E-state index in [1.165, 1.54) is 7.11 Å². The second-order valence-corrected chi connectivity index (χ2v) is 4.71. The molecule has 0 aliphatic carbocycles. The van der Waals surface area contributed by atoms with Gasteiger partial charge in [-0.3, -0.25) is 0 Å². The molecule has 0 aliphatic heterocycles. The highest BCUT2D eigenvalue weighted by atomic mass is 16.5. The zero-order valence-corrected chi connectivity index (χ0v) is 11.7. The minimum absolute atomic E-state index is 0.193. The molecule has 0 amide bonds. The molecule has 0 aliphatic rings. The number of pyridine rings is 1. The van der Waals surface area contributed by atoms with Crippen LogP contribution in [-0.2, 0) is 0 Å². The van der Waals surface area contributed by atoms with Crippen molar-refractivity contribution in [2.75, 3.05) is 7.11 Å². The summed E-state index contributed by atoms with van der Waals surface area (Å²) in [5, 5.41) is 29.3. The third-order valence-electron chi connectivity index (χ3n) is 3.47. The molecule has 3 N–H and O–H groups in total. The lowest BCUT2D eigenvalue weighted by Gasteiger charge is -2.09. The summed E-state index contributed by atoms with van der Waals surface area (Å²) in [6, 6.07) is 10.7. The standard InChI is InChI=1S/C15H12BN3O3/c1-22-10-5-4-9(8-17)12(7-10)13-11-3-2-6-18-15(11)19-14(13)16(20)21/h2-7,20-21H,1H3,(H,18,19). The van der Waals surface area contributed by atoms with Crippen molar-refractivity contribution in [3.05, 3.63) is 42.1 Å². The van der Waals surface area contributed by atoms with E-state index in [1.807, 2.05) is 0 Å². The summed E-state index contributed by atoms with van der Waals surface area (Å²) in [6.07, 6.45) is 1.60. The molecule has 0 bridgehead atoms. The van der Waals surface area contributed by atoms with Crippen molar-refractivity contribution in [3.63, 3.8) is 0 Å². The van der Waals surface area contributed by atoms with Crippen LogP contribution in [0, 0.1) is 11.3 Å². The molecule has 1 aromatic carbocycles. The van der Waals surface area contributed by atoms with Crippen LogP contribution in [0.1, 0.15) is 5.56 Å². The average molecular weight is 293 g/mol. The Hall–Kier alpha value is -2.82. The Morgan fingerprint density at radius 2 is 2.14 bits per heavy atom. The molecule has 22 heavy (non-hydrogen) atoms. The summed E-state index contributed by atoms with van der Waals surface area (Å²) in [5.74, 6) is 0.575. The molecule has 0 saturated heterocycles. The van der Waals surface area contributed by atoms with Gasteiger partial charge in [-0.05, 0) is 30.3 Å². The highest BCUT2D eigenvalue weighted by Crippen LogP contribution is 2.31. The van der Waals surface area contributed by atoms with Crippen molar-refractivity contribution in [1.82, 2.24) is 9.97 Å². The van der Waals surface area contributed by atoms with Gasteiger partial charge < -0.3 is 19.8 Å².